The van der Waals surface area contributed by atoms with Crippen LogP contribution in [0, 0.1) is 5.82 Å². The van der Waals surface area contributed by atoms with Crippen LogP contribution >= 0.6 is 0 Å². The second-order valence-corrected chi connectivity index (χ2v) is 6.94. The van der Waals surface area contributed by atoms with E-state index in [4.69, 9.17) is 0 Å². The lowest BCUT2D eigenvalue weighted by molar-refractivity contribution is 0.0919. The minimum Gasteiger partial charge on any atom is -0.390 e. The van der Waals surface area contributed by atoms with Crippen LogP contribution in [0.2, 0.25) is 0 Å². The van der Waals surface area contributed by atoms with Crippen LogP contribution in [0.4, 0.5) is 10.1 Å². The fraction of sp³-hybridized carbons (Fsp3) is 0.350. The van der Waals surface area contributed by atoms with Crippen LogP contribution in [-0.2, 0) is 6.54 Å². The van der Waals surface area contributed by atoms with Crippen LogP contribution in [0.5, 0.6) is 0 Å². The molecule has 1 atom stereocenters. The van der Waals surface area contributed by atoms with Crippen molar-refractivity contribution in [2.24, 2.45) is 0 Å². The molecule has 1 aromatic heterocycles. The molecule has 7 nitrogen and oxygen atoms in total. The number of nitrogens with zero attached hydrogens (tertiary/aromatic N) is 6. The van der Waals surface area contributed by atoms with Crippen molar-refractivity contribution < 1.29 is 9.50 Å². The Labute approximate surface area is 163 Å². The van der Waals surface area contributed by atoms with Crippen molar-refractivity contribution >= 4 is 5.69 Å². The molecule has 1 aliphatic heterocycles. The standard InChI is InChI=1S/C20H23FN6O/c21-18-8-4-5-9-19(18)26-12-10-25(11-13-26)14-17(28)15-27-20(22-23-24-27)16-6-2-1-3-7-16/h1-9,17,28H,10-15H2. The Hall–Kier alpha value is -2.84. The monoisotopic (exact) mass is 382 g/mol. The van der Waals surface area contributed by atoms with Gasteiger partial charge in [-0.2, -0.15) is 0 Å². The van der Waals surface area contributed by atoms with E-state index in [-0.39, 0.29) is 5.82 Å². The van der Waals surface area contributed by atoms with Gasteiger partial charge in [-0.3, -0.25) is 4.90 Å². The average Bonchev–Trinajstić information content (AvgIpc) is 3.18. The quantitative estimate of drug-likeness (QED) is 0.699. The molecule has 1 N–H and O–H groups in total. The highest BCUT2D eigenvalue weighted by Gasteiger charge is 2.22. The maximum absolute atomic E-state index is 14.0. The number of tetrazole rings is 1. The van der Waals surface area contributed by atoms with E-state index in [0.29, 0.717) is 24.6 Å². The van der Waals surface area contributed by atoms with E-state index >= 15 is 0 Å². The molecule has 8 heteroatoms. The van der Waals surface area contributed by atoms with Crippen LogP contribution in [0.25, 0.3) is 11.4 Å². The summed E-state index contributed by atoms with van der Waals surface area (Å²) >= 11 is 0. The van der Waals surface area contributed by atoms with Crippen LogP contribution in [0.3, 0.4) is 0 Å². The van der Waals surface area contributed by atoms with E-state index in [2.05, 4.69) is 20.4 Å². The SMILES string of the molecule is OC(CN1CCN(c2ccccc2F)CC1)Cn1nnnc1-c1ccccc1. The molecule has 0 aliphatic carbocycles. The summed E-state index contributed by atoms with van der Waals surface area (Å²) < 4.78 is 15.6. The summed E-state index contributed by atoms with van der Waals surface area (Å²) in [6, 6.07) is 16.5. The largest absolute Gasteiger partial charge is 0.390 e. The fourth-order valence-corrected chi connectivity index (χ4v) is 3.56. The zero-order chi connectivity index (χ0) is 19.3. The molecule has 0 saturated carbocycles. The van der Waals surface area contributed by atoms with Gasteiger partial charge in [0.05, 0.1) is 18.3 Å². The fourth-order valence-electron chi connectivity index (χ4n) is 3.56. The first kappa shape index (κ1) is 18.5. The lowest BCUT2D eigenvalue weighted by Crippen LogP contribution is -2.49. The van der Waals surface area contributed by atoms with Crippen molar-refractivity contribution in [1.29, 1.82) is 0 Å². The Morgan fingerprint density at radius 3 is 2.39 bits per heavy atom. The predicted molar refractivity (Wildman–Crippen MR) is 104 cm³/mol. The summed E-state index contributed by atoms with van der Waals surface area (Å²) in [5.41, 5.74) is 1.56. The summed E-state index contributed by atoms with van der Waals surface area (Å²) in [7, 11) is 0. The van der Waals surface area contributed by atoms with E-state index in [0.717, 1.165) is 31.7 Å². The average molecular weight is 382 g/mol. The Balaban J connectivity index is 1.32. The maximum atomic E-state index is 14.0. The van der Waals surface area contributed by atoms with Crippen molar-refractivity contribution in [1.82, 2.24) is 25.1 Å². The predicted octanol–water partition coefficient (Wildman–Crippen LogP) is 1.66. The maximum Gasteiger partial charge on any atom is 0.182 e. The van der Waals surface area contributed by atoms with Gasteiger partial charge in [-0.1, -0.05) is 42.5 Å². The number of aliphatic hydroxyl groups is 1. The van der Waals surface area contributed by atoms with Gasteiger partial charge < -0.3 is 10.0 Å². The van der Waals surface area contributed by atoms with Crippen molar-refractivity contribution in [3.8, 4) is 11.4 Å². The first-order valence-corrected chi connectivity index (χ1v) is 9.42. The number of anilines is 1. The van der Waals surface area contributed by atoms with Crippen LogP contribution in [0.1, 0.15) is 0 Å². The normalized spacial score (nSPS) is 16.3. The van der Waals surface area contributed by atoms with E-state index in [1.165, 1.54) is 6.07 Å². The molecule has 0 bridgehead atoms. The molecule has 0 radical (unpaired) electrons. The number of β-amino-alcohol motifs (C(OH)–C–C–N with tert-alkyl or cyclic N) is 1. The van der Waals surface area contributed by atoms with E-state index in [1.807, 2.05) is 47.4 Å². The zero-order valence-corrected chi connectivity index (χ0v) is 15.5. The van der Waals surface area contributed by atoms with Gasteiger partial charge in [0.15, 0.2) is 5.82 Å². The third-order valence-corrected chi connectivity index (χ3v) is 4.98. The smallest absolute Gasteiger partial charge is 0.182 e. The van der Waals surface area contributed by atoms with E-state index in [9.17, 15) is 9.50 Å². The van der Waals surface area contributed by atoms with E-state index in [1.54, 1.807) is 10.7 Å². The van der Waals surface area contributed by atoms with Gasteiger partial charge >= 0.3 is 0 Å². The Morgan fingerprint density at radius 1 is 0.929 bits per heavy atom. The van der Waals surface area contributed by atoms with Crippen molar-refractivity contribution in [2.45, 2.75) is 12.6 Å². The van der Waals surface area contributed by atoms with Gasteiger partial charge in [0.1, 0.15) is 5.82 Å². The summed E-state index contributed by atoms with van der Waals surface area (Å²) in [4.78, 5) is 4.24. The van der Waals surface area contributed by atoms with Gasteiger partial charge in [-0.15, -0.1) is 5.10 Å². The summed E-state index contributed by atoms with van der Waals surface area (Å²) in [5.74, 6) is 0.451. The molecule has 3 aromatic rings. The highest BCUT2D eigenvalue weighted by Crippen LogP contribution is 2.20. The molecule has 4 rings (SSSR count). The summed E-state index contributed by atoms with van der Waals surface area (Å²) in [6.45, 7) is 3.85. The number of piperazine rings is 1. The number of hydrogen-bond donors (Lipinski definition) is 1. The van der Waals surface area contributed by atoms with Crippen LogP contribution in [-0.4, -0.2) is 69.0 Å². The first-order valence-electron chi connectivity index (χ1n) is 9.42. The first-order chi connectivity index (χ1) is 13.7. The highest BCUT2D eigenvalue weighted by atomic mass is 19.1. The number of hydrogen-bond acceptors (Lipinski definition) is 6. The number of aliphatic hydroxyl groups excluding tert-OH is 1. The van der Waals surface area contributed by atoms with Crippen molar-refractivity contribution in [3.63, 3.8) is 0 Å². The molecule has 1 aliphatic rings. The lowest BCUT2D eigenvalue weighted by Gasteiger charge is -2.37. The topological polar surface area (TPSA) is 70.3 Å². The molecule has 146 valence electrons. The number of benzene rings is 2. The van der Waals surface area contributed by atoms with Crippen molar-refractivity contribution in [3.05, 3.63) is 60.4 Å². The Bertz CT molecular complexity index is 894. The molecular formula is C20H23FN6O. The molecule has 1 saturated heterocycles. The molecule has 28 heavy (non-hydrogen) atoms. The zero-order valence-electron chi connectivity index (χ0n) is 15.5. The number of para-hydroxylation sites is 1. The third-order valence-electron chi connectivity index (χ3n) is 4.98. The van der Waals surface area contributed by atoms with Gasteiger partial charge in [0, 0.05) is 38.3 Å². The minimum atomic E-state index is -0.592. The third kappa shape index (κ3) is 4.18. The minimum absolute atomic E-state index is 0.192. The number of aromatic nitrogens is 4. The summed E-state index contributed by atoms with van der Waals surface area (Å²) in [5, 5.41) is 22.4. The van der Waals surface area contributed by atoms with Crippen LogP contribution in [0.15, 0.2) is 54.6 Å². The molecule has 0 spiro atoms. The van der Waals surface area contributed by atoms with E-state index < -0.39 is 6.10 Å². The Kier molecular flexibility index (Phi) is 5.59. The molecule has 1 unspecified atom stereocenters. The lowest BCUT2D eigenvalue weighted by atomic mass is 10.2. The van der Waals surface area contributed by atoms with Crippen molar-refractivity contribution in [2.75, 3.05) is 37.6 Å². The second-order valence-electron chi connectivity index (χ2n) is 6.94. The number of halogens is 1. The van der Waals surface area contributed by atoms with Gasteiger partial charge in [0.2, 0.25) is 0 Å². The van der Waals surface area contributed by atoms with Gasteiger partial charge in [-0.05, 0) is 22.6 Å². The Morgan fingerprint density at radius 2 is 1.64 bits per heavy atom. The molecule has 2 heterocycles. The molecular weight excluding hydrogens is 359 g/mol. The number of rotatable bonds is 6. The molecule has 2 aromatic carbocycles. The molecule has 0 amide bonds. The van der Waals surface area contributed by atoms with Crippen LogP contribution < -0.4 is 4.90 Å². The van der Waals surface area contributed by atoms with Gasteiger partial charge in [-0.25, -0.2) is 9.07 Å². The highest BCUT2D eigenvalue weighted by molar-refractivity contribution is 5.53. The summed E-state index contributed by atoms with van der Waals surface area (Å²) in [6.07, 6.45) is -0.592. The second kappa shape index (κ2) is 8.45. The van der Waals surface area contributed by atoms with Gasteiger partial charge in [0.25, 0.3) is 0 Å². The molecule has 1 fully saturated rings.